The third-order valence-corrected chi connectivity index (χ3v) is 4.97. The van der Waals surface area contributed by atoms with Crippen molar-refractivity contribution in [2.24, 2.45) is 5.41 Å². The van der Waals surface area contributed by atoms with Gasteiger partial charge >= 0.3 is 0 Å². The molecule has 0 aromatic rings. The van der Waals surface area contributed by atoms with Crippen LogP contribution in [-0.2, 0) is 9.53 Å². The molecule has 0 aliphatic carbocycles. The van der Waals surface area contributed by atoms with Crippen LogP contribution in [0.3, 0.4) is 0 Å². The average molecular weight is 312 g/mol. The van der Waals surface area contributed by atoms with Crippen molar-refractivity contribution in [1.82, 2.24) is 9.80 Å². The van der Waals surface area contributed by atoms with Gasteiger partial charge in [-0.3, -0.25) is 9.69 Å². The Kier molecular flexibility index (Phi) is 5.11. The predicted molar refractivity (Wildman–Crippen MR) is 91.7 cm³/mol. The summed E-state index contributed by atoms with van der Waals surface area (Å²) >= 11 is 0. The fraction of sp³-hybridized carbons (Fsp3) is 0.944. The topological polar surface area (TPSA) is 32.8 Å². The van der Waals surface area contributed by atoms with Crippen molar-refractivity contribution in [2.75, 3.05) is 20.2 Å². The second kappa shape index (κ2) is 5.79. The van der Waals surface area contributed by atoms with Crippen LogP contribution in [0.2, 0.25) is 0 Å². The number of carbonyl (C=O) groups excluding carboxylic acids is 1. The summed E-state index contributed by atoms with van der Waals surface area (Å²) in [5.41, 5.74) is -0.851. The third-order valence-electron chi connectivity index (χ3n) is 4.97. The molecule has 1 heterocycles. The minimum absolute atomic E-state index is 0.174. The molecule has 0 aromatic carbocycles. The molecule has 0 aromatic heterocycles. The van der Waals surface area contributed by atoms with E-state index in [-0.39, 0.29) is 22.6 Å². The standard InChI is InChI=1S/C18H36N2O2/c1-15(2,3)11-12-22-16(4,5)13-20-14(21)17(6,7)19(10)18(20,8)9/h11-13H2,1-10H3. The van der Waals surface area contributed by atoms with Gasteiger partial charge in [0.05, 0.1) is 23.3 Å². The number of ether oxygens (including phenoxy) is 1. The van der Waals surface area contributed by atoms with Crippen LogP contribution in [0.5, 0.6) is 0 Å². The summed E-state index contributed by atoms with van der Waals surface area (Å²) in [6.45, 7) is 20.3. The van der Waals surface area contributed by atoms with Crippen LogP contribution in [0.15, 0.2) is 0 Å². The van der Waals surface area contributed by atoms with E-state index in [1.807, 2.05) is 25.8 Å². The van der Waals surface area contributed by atoms with Gasteiger partial charge in [-0.25, -0.2) is 0 Å². The Bertz CT molecular complexity index is 419. The summed E-state index contributed by atoms with van der Waals surface area (Å²) in [6, 6.07) is 0. The molecule has 1 aliphatic heterocycles. The molecule has 22 heavy (non-hydrogen) atoms. The molecule has 0 spiro atoms. The van der Waals surface area contributed by atoms with Gasteiger partial charge in [-0.05, 0) is 60.4 Å². The lowest BCUT2D eigenvalue weighted by atomic mass is 9.93. The zero-order valence-corrected chi connectivity index (χ0v) is 16.3. The van der Waals surface area contributed by atoms with Gasteiger partial charge in [0.1, 0.15) is 0 Å². The molecule has 0 bridgehead atoms. The maximum Gasteiger partial charge on any atom is 0.244 e. The van der Waals surface area contributed by atoms with Crippen LogP contribution in [0.1, 0.15) is 68.7 Å². The highest BCUT2D eigenvalue weighted by Gasteiger charge is 2.55. The maximum absolute atomic E-state index is 12.8. The van der Waals surface area contributed by atoms with Crippen LogP contribution in [-0.4, -0.2) is 52.7 Å². The van der Waals surface area contributed by atoms with Gasteiger partial charge in [-0.2, -0.15) is 0 Å². The van der Waals surface area contributed by atoms with Gasteiger partial charge in [0.15, 0.2) is 0 Å². The molecule has 1 fully saturated rings. The fourth-order valence-corrected chi connectivity index (χ4v) is 2.91. The van der Waals surface area contributed by atoms with E-state index in [1.54, 1.807) is 0 Å². The van der Waals surface area contributed by atoms with Crippen molar-refractivity contribution in [2.45, 2.75) is 85.5 Å². The molecule has 4 nitrogen and oxygen atoms in total. The second-order valence-corrected chi connectivity index (χ2v) is 9.42. The molecule has 130 valence electrons. The smallest absolute Gasteiger partial charge is 0.244 e. The van der Waals surface area contributed by atoms with Crippen LogP contribution < -0.4 is 0 Å². The molecule has 0 N–H and O–H groups in total. The summed E-state index contributed by atoms with van der Waals surface area (Å²) in [6.07, 6.45) is 1.01. The fourth-order valence-electron chi connectivity index (χ4n) is 2.91. The molecular formula is C18H36N2O2. The summed E-state index contributed by atoms with van der Waals surface area (Å²) < 4.78 is 6.10. The average Bonchev–Trinajstić information content (AvgIpc) is 2.40. The summed E-state index contributed by atoms with van der Waals surface area (Å²) in [4.78, 5) is 16.9. The molecule has 1 rings (SSSR count). The summed E-state index contributed by atoms with van der Waals surface area (Å²) in [7, 11) is 2.02. The molecule has 4 heteroatoms. The van der Waals surface area contributed by atoms with Gasteiger partial charge in [-0.1, -0.05) is 20.8 Å². The van der Waals surface area contributed by atoms with Crippen molar-refractivity contribution in [3.8, 4) is 0 Å². The molecule has 0 radical (unpaired) electrons. The largest absolute Gasteiger partial charge is 0.374 e. The van der Waals surface area contributed by atoms with Crippen molar-refractivity contribution < 1.29 is 9.53 Å². The Hall–Kier alpha value is -0.610. The van der Waals surface area contributed by atoms with Crippen LogP contribution in [0.25, 0.3) is 0 Å². The van der Waals surface area contributed by atoms with E-state index in [0.717, 1.165) is 13.0 Å². The molecule has 0 unspecified atom stereocenters. The Balaban J connectivity index is 2.78. The lowest BCUT2D eigenvalue weighted by Crippen LogP contribution is -2.53. The van der Waals surface area contributed by atoms with Gasteiger partial charge < -0.3 is 9.64 Å². The van der Waals surface area contributed by atoms with E-state index in [9.17, 15) is 4.79 Å². The molecule has 0 saturated carbocycles. The van der Waals surface area contributed by atoms with E-state index in [0.29, 0.717) is 6.54 Å². The molecule has 1 amide bonds. The predicted octanol–water partition coefficient (Wildman–Crippen LogP) is 3.51. The van der Waals surface area contributed by atoms with E-state index in [2.05, 4.69) is 53.4 Å². The number of rotatable bonds is 5. The highest BCUT2D eigenvalue weighted by molar-refractivity contribution is 5.88. The number of carbonyl (C=O) groups is 1. The van der Waals surface area contributed by atoms with E-state index in [4.69, 9.17) is 4.74 Å². The van der Waals surface area contributed by atoms with Crippen LogP contribution in [0.4, 0.5) is 0 Å². The first kappa shape index (κ1) is 19.4. The first-order chi connectivity index (χ1) is 9.61. The quantitative estimate of drug-likeness (QED) is 0.779. The van der Waals surface area contributed by atoms with Gasteiger partial charge in [-0.15, -0.1) is 0 Å². The normalized spacial score (nSPS) is 22.5. The summed E-state index contributed by atoms with van der Waals surface area (Å²) in [5, 5.41) is 0. The Labute approximate surface area is 137 Å². The Morgan fingerprint density at radius 2 is 1.55 bits per heavy atom. The van der Waals surface area contributed by atoms with E-state index < -0.39 is 5.54 Å². The molecular weight excluding hydrogens is 276 g/mol. The molecule has 1 saturated heterocycles. The van der Waals surface area contributed by atoms with Gasteiger partial charge in [0.25, 0.3) is 0 Å². The van der Waals surface area contributed by atoms with Crippen molar-refractivity contribution in [3.05, 3.63) is 0 Å². The number of amides is 1. The number of hydrogen-bond donors (Lipinski definition) is 0. The minimum Gasteiger partial charge on any atom is -0.374 e. The molecule has 1 aliphatic rings. The van der Waals surface area contributed by atoms with Crippen molar-refractivity contribution in [1.29, 1.82) is 0 Å². The highest BCUT2D eigenvalue weighted by atomic mass is 16.5. The van der Waals surface area contributed by atoms with Crippen LogP contribution >= 0.6 is 0 Å². The maximum atomic E-state index is 12.8. The zero-order chi connectivity index (χ0) is 17.6. The highest BCUT2D eigenvalue weighted by Crippen LogP contribution is 2.38. The van der Waals surface area contributed by atoms with E-state index >= 15 is 0 Å². The summed E-state index contributed by atoms with van der Waals surface area (Å²) in [5.74, 6) is 0.174. The lowest BCUT2D eigenvalue weighted by molar-refractivity contribution is -0.139. The number of nitrogens with zero attached hydrogens (tertiary/aromatic N) is 2. The lowest BCUT2D eigenvalue weighted by Gasteiger charge is -2.41. The van der Waals surface area contributed by atoms with Crippen molar-refractivity contribution in [3.63, 3.8) is 0 Å². The monoisotopic (exact) mass is 312 g/mol. The van der Waals surface area contributed by atoms with E-state index in [1.165, 1.54) is 0 Å². The first-order valence-corrected chi connectivity index (χ1v) is 8.31. The minimum atomic E-state index is -0.467. The van der Waals surface area contributed by atoms with Gasteiger partial charge in [0, 0.05) is 6.61 Å². The number of likely N-dealkylation sites (N-methyl/N-ethyl adjacent to an activating group) is 1. The third kappa shape index (κ3) is 4.02. The Morgan fingerprint density at radius 1 is 1.05 bits per heavy atom. The molecule has 0 atom stereocenters. The first-order valence-electron chi connectivity index (χ1n) is 8.31. The second-order valence-electron chi connectivity index (χ2n) is 9.42. The van der Waals surface area contributed by atoms with Crippen LogP contribution in [0, 0.1) is 5.41 Å². The van der Waals surface area contributed by atoms with Crippen molar-refractivity contribution >= 4 is 5.91 Å². The zero-order valence-electron chi connectivity index (χ0n) is 16.3. The van der Waals surface area contributed by atoms with Gasteiger partial charge in [0.2, 0.25) is 5.91 Å². The SMILES string of the molecule is CN1C(C)(C)C(=O)N(CC(C)(C)OCCC(C)(C)C)C1(C)C. The Morgan fingerprint density at radius 3 is 1.91 bits per heavy atom. The number of hydrogen-bond acceptors (Lipinski definition) is 3.